The van der Waals surface area contributed by atoms with Gasteiger partial charge in [-0.05, 0) is 59.3 Å². The molecule has 20 heavy (non-hydrogen) atoms. The largest absolute Gasteiger partial charge is 0.345 e. The highest BCUT2D eigenvalue weighted by molar-refractivity contribution is 9.10. The number of fused-ring (bicyclic) bond motifs is 1. The molecule has 2 aromatic rings. The minimum atomic E-state index is -0.190. The van der Waals surface area contributed by atoms with E-state index >= 15 is 0 Å². The fourth-order valence-corrected chi connectivity index (χ4v) is 2.93. The molecular formula is C14H15BrN4O. The van der Waals surface area contributed by atoms with Crippen LogP contribution in [0.2, 0.25) is 0 Å². The van der Waals surface area contributed by atoms with Crippen molar-refractivity contribution in [3.05, 3.63) is 45.4 Å². The molecule has 104 valence electrons. The molecule has 0 radical (unpaired) electrons. The van der Waals surface area contributed by atoms with Crippen LogP contribution in [0.25, 0.3) is 0 Å². The number of aryl methyl sites for hydroxylation is 1. The van der Waals surface area contributed by atoms with Crippen molar-refractivity contribution in [2.45, 2.75) is 32.2 Å². The van der Waals surface area contributed by atoms with E-state index in [1.807, 2.05) is 0 Å². The standard InChI is InChI=1S/C14H15BrN4O/c15-10-5-3-7-16-13(10)14(20)17-8-12-9-4-1-2-6-11(9)18-19-12/h3,5,7H,1-2,4,6,8H2,(H,17,20)(H,18,19). The third-order valence-electron chi connectivity index (χ3n) is 3.53. The molecular weight excluding hydrogens is 320 g/mol. The topological polar surface area (TPSA) is 70.7 Å². The van der Waals surface area contributed by atoms with Crippen molar-refractivity contribution in [3.8, 4) is 0 Å². The van der Waals surface area contributed by atoms with Gasteiger partial charge in [-0.2, -0.15) is 5.10 Å². The first-order valence-corrected chi connectivity index (χ1v) is 7.48. The molecule has 0 spiro atoms. The van der Waals surface area contributed by atoms with Crippen LogP contribution in [0.3, 0.4) is 0 Å². The highest BCUT2D eigenvalue weighted by Gasteiger charge is 2.18. The van der Waals surface area contributed by atoms with E-state index in [1.165, 1.54) is 24.1 Å². The molecule has 2 aromatic heterocycles. The molecule has 0 aromatic carbocycles. The number of hydrogen-bond donors (Lipinski definition) is 2. The van der Waals surface area contributed by atoms with Crippen LogP contribution >= 0.6 is 15.9 Å². The Balaban J connectivity index is 1.69. The maximum absolute atomic E-state index is 12.1. The summed E-state index contributed by atoms with van der Waals surface area (Å²) in [5.41, 5.74) is 3.84. The summed E-state index contributed by atoms with van der Waals surface area (Å²) in [6.07, 6.45) is 6.11. The molecule has 0 unspecified atom stereocenters. The van der Waals surface area contributed by atoms with Gasteiger partial charge in [-0.1, -0.05) is 0 Å². The molecule has 1 aliphatic carbocycles. The molecule has 2 N–H and O–H groups in total. The number of nitrogens with one attached hydrogen (secondary N) is 2. The monoisotopic (exact) mass is 334 g/mol. The van der Waals surface area contributed by atoms with Crippen LogP contribution in [0.15, 0.2) is 22.8 Å². The second kappa shape index (κ2) is 5.75. The molecule has 0 aliphatic heterocycles. The normalized spacial score (nSPS) is 13.8. The molecule has 3 rings (SSSR count). The lowest BCUT2D eigenvalue weighted by Crippen LogP contribution is -2.25. The summed E-state index contributed by atoms with van der Waals surface area (Å²) in [5.74, 6) is -0.190. The Morgan fingerprint density at radius 2 is 2.25 bits per heavy atom. The number of aromatic amines is 1. The molecule has 0 saturated heterocycles. The lowest BCUT2D eigenvalue weighted by Gasteiger charge is -2.11. The minimum absolute atomic E-state index is 0.190. The quantitative estimate of drug-likeness (QED) is 0.905. The number of aromatic nitrogens is 3. The van der Waals surface area contributed by atoms with Crippen LogP contribution in [0, 0.1) is 0 Å². The Morgan fingerprint density at radius 3 is 3.10 bits per heavy atom. The molecule has 6 heteroatoms. The van der Waals surface area contributed by atoms with Crippen molar-refractivity contribution < 1.29 is 4.79 Å². The van der Waals surface area contributed by atoms with Gasteiger partial charge in [-0.3, -0.25) is 9.89 Å². The molecule has 0 bridgehead atoms. The summed E-state index contributed by atoms with van der Waals surface area (Å²) in [7, 11) is 0. The molecule has 1 amide bonds. The van der Waals surface area contributed by atoms with Gasteiger partial charge >= 0.3 is 0 Å². The van der Waals surface area contributed by atoms with Crippen molar-refractivity contribution in [1.82, 2.24) is 20.5 Å². The first kappa shape index (κ1) is 13.3. The number of amides is 1. The number of rotatable bonds is 3. The molecule has 0 atom stereocenters. The first-order chi connectivity index (χ1) is 9.75. The van der Waals surface area contributed by atoms with Crippen LogP contribution in [-0.2, 0) is 19.4 Å². The molecule has 1 aliphatic rings. The fraction of sp³-hybridized carbons (Fsp3) is 0.357. The van der Waals surface area contributed by atoms with Crippen molar-refractivity contribution in [2.75, 3.05) is 0 Å². The maximum Gasteiger partial charge on any atom is 0.271 e. The van der Waals surface area contributed by atoms with Crippen LogP contribution in [0.5, 0.6) is 0 Å². The zero-order chi connectivity index (χ0) is 13.9. The fourth-order valence-electron chi connectivity index (χ4n) is 2.50. The van der Waals surface area contributed by atoms with Gasteiger partial charge in [-0.15, -0.1) is 0 Å². The number of carbonyl (C=O) groups is 1. The summed E-state index contributed by atoms with van der Waals surface area (Å²) in [6, 6.07) is 3.59. The molecule has 2 heterocycles. The van der Waals surface area contributed by atoms with E-state index in [-0.39, 0.29) is 5.91 Å². The number of pyridine rings is 1. The first-order valence-electron chi connectivity index (χ1n) is 6.69. The van der Waals surface area contributed by atoms with Gasteiger partial charge in [-0.25, -0.2) is 4.98 Å². The Kier molecular flexibility index (Phi) is 3.82. The molecule has 5 nitrogen and oxygen atoms in total. The van der Waals surface area contributed by atoms with Crippen molar-refractivity contribution in [1.29, 1.82) is 0 Å². The average Bonchev–Trinajstić information content (AvgIpc) is 2.88. The van der Waals surface area contributed by atoms with Gasteiger partial charge in [0.2, 0.25) is 0 Å². The number of nitrogens with zero attached hydrogens (tertiary/aromatic N) is 2. The van der Waals surface area contributed by atoms with Crippen LogP contribution in [-0.4, -0.2) is 21.1 Å². The summed E-state index contributed by atoms with van der Waals surface area (Å²) >= 11 is 3.33. The van der Waals surface area contributed by atoms with Gasteiger partial charge in [0.1, 0.15) is 5.69 Å². The van der Waals surface area contributed by atoms with Gasteiger partial charge < -0.3 is 5.32 Å². The van der Waals surface area contributed by atoms with E-state index < -0.39 is 0 Å². The van der Waals surface area contributed by atoms with E-state index in [0.29, 0.717) is 16.7 Å². The number of H-pyrrole nitrogens is 1. The third-order valence-corrected chi connectivity index (χ3v) is 4.17. The maximum atomic E-state index is 12.1. The van der Waals surface area contributed by atoms with Crippen molar-refractivity contribution in [2.24, 2.45) is 0 Å². The number of hydrogen-bond acceptors (Lipinski definition) is 3. The minimum Gasteiger partial charge on any atom is -0.345 e. The Morgan fingerprint density at radius 1 is 1.40 bits per heavy atom. The number of halogens is 1. The summed E-state index contributed by atoms with van der Waals surface area (Å²) < 4.78 is 0.696. The smallest absolute Gasteiger partial charge is 0.271 e. The SMILES string of the molecule is O=C(NCc1n[nH]c2c1CCCC2)c1ncccc1Br. The zero-order valence-electron chi connectivity index (χ0n) is 10.9. The summed E-state index contributed by atoms with van der Waals surface area (Å²) in [4.78, 5) is 16.2. The van der Waals surface area contributed by atoms with Gasteiger partial charge in [0, 0.05) is 16.4 Å². The van der Waals surface area contributed by atoms with E-state index in [1.54, 1.807) is 18.3 Å². The highest BCUT2D eigenvalue weighted by Crippen LogP contribution is 2.22. The zero-order valence-corrected chi connectivity index (χ0v) is 12.5. The van der Waals surface area contributed by atoms with Gasteiger partial charge in [0.05, 0.1) is 12.2 Å². The van der Waals surface area contributed by atoms with Crippen LogP contribution in [0.1, 0.15) is 40.3 Å². The second-order valence-electron chi connectivity index (χ2n) is 4.85. The van der Waals surface area contributed by atoms with E-state index in [9.17, 15) is 4.79 Å². The Bertz CT molecular complexity index is 638. The lowest BCUT2D eigenvalue weighted by atomic mass is 9.96. The van der Waals surface area contributed by atoms with E-state index in [2.05, 4.69) is 36.4 Å². The Labute approximate surface area is 125 Å². The lowest BCUT2D eigenvalue weighted by molar-refractivity contribution is 0.0944. The predicted octanol–water partition coefficient (Wildman–Crippen LogP) is 2.38. The van der Waals surface area contributed by atoms with Crippen molar-refractivity contribution in [3.63, 3.8) is 0 Å². The second-order valence-corrected chi connectivity index (χ2v) is 5.71. The van der Waals surface area contributed by atoms with Gasteiger partial charge in [0.15, 0.2) is 0 Å². The summed E-state index contributed by atoms with van der Waals surface area (Å²) in [6.45, 7) is 0.438. The highest BCUT2D eigenvalue weighted by atomic mass is 79.9. The van der Waals surface area contributed by atoms with Crippen molar-refractivity contribution >= 4 is 21.8 Å². The Hall–Kier alpha value is -1.69. The average molecular weight is 335 g/mol. The third kappa shape index (κ3) is 2.60. The van der Waals surface area contributed by atoms with E-state index in [4.69, 9.17) is 0 Å². The summed E-state index contributed by atoms with van der Waals surface area (Å²) in [5, 5.41) is 10.3. The molecule has 0 saturated carbocycles. The molecule has 0 fully saturated rings. The van der Waals surface area contributed by atoms with Crippen LogP contribution < -0.4 is 5.32 Å². The predicted molar refractivity (Wildman–Crippen MR) is 78.3 cm³/mol. The number of carbonyl (C=O) groups excluding carboxylic acids is 1. The van der Waals surface area contributed by atoms with E-state index in [0.717, 1.165) is 18.5 Å². The van der Waals surface area contributed by atoms with Crippen LogP contribution in [0.4, 0.5) is 0 Å². The van der Waals surface area contributed by atoms with Gasteiger partial charge in [0.25, 0.3) is 5.91 Å².